The average Bonchev–Trinajstić information content (AvgIpc) is 2.81. The zero-order chi connectivity index (χ0) is 17.2. The maximum absolute atomic E-state index is 12.6. The molecule has 1 aromatic heterocycles. The van der Waals surface area contributed by atoms with Gasteiger partial charge in [-0.25, -0.2) is 12.7 Å². The van der Waals surface area contributed by atoms with Crippen molar-refractivity contribution < 1.29 is 13.5 Å². The SMILES string of the molecule is CCN(C)S(=O)(=O)c1c(C)nn(CC(O)C2CCCCC2)c1C. The van der Waals surface area contributed by atoms with Crippen LogP contribution in [0.1, 0.15) is 50.4 Å². The molecule has 1 heterocycles. The molecular weight excluding hydrogens is 314 g/mol. The van der Waals surface area contributed by atoms with Crippen molar-refractivity contribution >= 4 is 10.0 Å². The van der Waals surface area contributed by atoms with Gasteiger partial charge in [0.1, 0.15) is 4.90 Å². The van der Waals surface area contributed by atoms with E-state index in [2.05, 4.69) is 5.10 Å². The largest absolute Gasteiger partial charge is 0.391 e. The van der Waals surface area contributed by atoms with Crippen LogP contribution in [0.15, 0.2) is 4.90 Å². The second-order valence-electron chi connectivity index (χ2n) is 6.57. The van der Waals surface area contributed by atoms with Gasteiger partial charge in [-0.15, -0.1) is 0 Å². The fraction of sp³-hybridized carbons (Fsp3) is 0.812. The van der Waals surface area contributed by atoms with Gasteiger partial charge in [-0.2, -0.15) is 5.10 Å². The number of aliphatic hydroxyl groups excluding tert-OH is 1. The predicted molar refractivity (Wildman–Crippen MR) is 89.8 cm³/mol. The molecule has 7 heteroatoms. The zero-order valence-electron chi connectivity index (χ0n) is 14.6. The molecule has 0 aromatic carbocycles. The predicted octanol–water partition coefficient (Wildman–Crippen LogP) is 2.08. The first-order valence-corrected chi connectivity index (χ1v) is 9.91. The van der Waals surface area contributed by atoms with Crippen molar-refractivity contribution in [2.24, 2.45) is 5.92 Å². The van der Waals surface area contributed by atoms with Crippen LogP contribution in [0.5, 0.6) is 0 Å². The van der Waals surface area contributed by atoms with Gasteiger partial charge in [0.2, 0.25) is 10.0 Å². The van der Waals surface area contributed by atoms with Crippen LogP contribution in [0, 0.1) is 19.8 Å². The lowest BCUT2D eigenvalue weighted by atomic mass is 9.85. The zero-order valence-corrected chi connectivity index (χ0v) is 15.4. The Morgan fingerprint density at radius 1 is 1.30 bits per heavy atom. The summed E-state index contributed by atoms with van der Waals surface area (Å²) in [5.74, 6) is 0.297. The first-order valence-electron chi connectivity index (χ1n) is 8.47. The monoisotopic (exact) mass is 343 g/mol. The summed E-state index contributed by atoms with van der Waals surface area (Å²) in [6.45, 7) is 6.07. The Labute approximate surface area is 139 Å². The van der Waals surface area contributed by atoms with E-state index in [0.717, 1.165) is 12.8 Å². The highest BCUT2D eigenvalue weighted by atomic mass is 32.2. The van der Waals surface area contributed by atoms with Crippen LogP contribution in [0.4, 0.5) is 0 Å². The Hall–Kier alpha value is -0.920. The van der Waals surface area contributed by atoms with E-state index in [1.165, 1.54) is 23.6 Å². The molecular formula is C16H29N3O3S. The Balaban J connectivity index is 2.23. The number of aliphatic hydroxyl groups is 1. The summed E-state index contributed by atoms with van der Waals surface area (Å²) in [4.78, 5) is 0.276. The third-order valence-corrected chi connectivity index (χ3v) is 7.17. The van der Waals surface area contributed by atoms with Crippen LogP contribution in [0.2, 0.25) is 0 Å². The molecule has 23 heavy (non-hydrogen) atoms. The van der Waals surface area contributed by atoms with Crippen LogP contribution >= 0.6 is 0 Å². The van der Waals surface area contributed by atoms with Crippen molar-refractivity contribution in [1.29, 1.82) is 0 Å². The van der Waals surface area contributed by atoms with Crippen molar-refractivity contribution in [3.8, 4) is 0 Å². The van der Waals surface area contributed by atoms with Crippen LogP contribution in [0.3, 0.4) is 0 Å². The maximum atomic E-state index is 12.6. The van der Waals surface area contributed by atoms with E-state index in [0.29, 0.717) is 30.4 Å². The first kappa shape index (κ1) is 18.4. The summed E-state index contributed by atoms with van der Waals surface area (Å²) in [5.41, 5.74) is 1.11. The van der Waals surface area contributed by atoms with E-state index in [1.807, 2.05) is 0 Å². The van der Waals surface area contributed by atoms with E-state index in [1.54, 1.807) is 32.5 Å². The molecule has 1 fully saturated rings. The molecule has 132 valence electrons. The topological polar surface area (TPSA) is 75.4 Å². The molecule has 0 aliphatic heterocycles. The molecule has 0 saturated heterocycles. The third-order valence-electron chi connectivity index (χ3n) is 4.98. The van der Waals surface area contributed by atoms with Gasteiger partial charge in [-0.3, -0.25) is 4.68 Å². The Kier molecular flexibility index (Phi) is 5.86. The highest BCUT2D eigenvalue weighted by Gasteiger charge is 2.29. The summed E-state index contributed by atoms with van der Waals surface area (Å²) < 4.78 is 28.2. The number of nitrogens with zero attached hydrogens (tertiary/aromatic N) is 3. The average molecular weight is 343 g/mol. The van der Waals surface area contributed by atoms with Crippen LogP contribution in [-0.2, 0) is 16.6 Å². The van der Waals surface area contributed by atoms with Crippen LogP contribution in [-0.4, -0.2) is 47.3 Å². The van der Waals surface area contributed by atoms with Crippen molar-refractivity contribution in [1.82, 2.24) is 14.1 Å². The smallest absolute Gasteiger partial charge is 0.246 e. The molecule has 0 bridgehead atoms. The summed E-state index contributed by atoms with van der Waals surface area (Å²) >= 11 is 0. The van der Waals surface area contributed by atoms with Crippen molar-refractivity contribution in [2.45, 2.75) is 70.4 Å². The minimum absolute atomic E-state index is 0.276. The second-order valence-corrected chi connectivity index (χ2v) is 8.55. The minimum atomic E-state index is -3.52. The number of rotatable bonds is 6. The molecule has 0 amide bonds. The molecule has 1 aliphatic carbocycles. The number of aromatic nitrogens is 2. The summed E-state index contributed by atoms with van der Waals surface area (Å²) in [6.07, 6.45) is 5.20. The lowest BCUT2D eigenvalue weighted by molar-refractivity contribution is 0.0658. The molecule has 6 nitrogen and oxygen atoms in total. The van der Waals surface area contributed by atoms with Crippen molar-refractivity contribution in [3.05, 3.63) is 11.4 Å². The second kappa shape index (κ2) is 7.32. The molecule has 1 saturated carbocycles. The van der Waals surface area contributed by atoms with Crippen LogP contribution in [0.25, 0.3) is 0 Å². The summed E-state index contributed by atoms with van der Waals surface area (Å²) in [7, 11) is -1.95. The first-order chi connectivity index (χ1) is 10.8. The standard InChI is InChI=1S/C16H29N3O3S/c1-5-18(4)23(21,22)16-12(2)17-19(13(16)3)11-15(20)14-9-7-6-8-10-14/h14-15,20H,5-11H2,1-4H3. The van der Waals surface area contributed by atoms with E-state index < -0.39 is 16.1 Å². The molecule has 1 N–H and O–H groups in total. The molecule has 1 unspecified atom stereocenters. The van der Waals surface area contributed by atoms with Crippen molar-refractivity contribution in [3.63, 3.8) is 0 Å². The van der Waals surface area contributed by atoms with Crippen molar-refractivity contribution in [2.75, 3.05) is 13.6 Å². The highest BCUT2D eigenvalue weighted by Crippen LogP contribution is 2.28. The number of aryl methyl sites for hydroxylation is 1. The fourth-order valence-corrected chi connectivity index (χ4v) is 4.95. The molecule has 1 aliphatic rings. The number of sulfonamides is 1. The quantitative estimate of drug-likeness (QED) is 0.858. The van der Waals surface area contributed by atoms with E-state index in [4.69, 9.17) is 0 Å². The lowest BCUT2D eigenvalue weighted by Crippen LogP contribution is -2.29. The lowest BCUT2D eigenvalue weighted by Gasteiger charge is -2.26. The molecule has 0 radical (unpaired) electrons. The van der Waals surface area contributed by atoms with E-state index in [9.17, 15) is 13.5 Å². The number of hydrogen-bond acceptors (Lipinski definition) is 4. The summed E-state index contributed by atoms with van der Waals surface area (Å²) in [6, 6.07) is 0. The third kappa shape index (κ3) is 3.78. The number of hydrogen-bond donors (Lipinski definition) is 1. The Morgan fingerprint density at radius 2 is 1.91 bits per heavy atom. The van der Waals surface area contributed by atoms with Gasteiger partial charge in [0.05, 0.1) is 24.0 Å². The van der Waals surface area contributed by atoms with Gasteiger partial charge >= 0.3 is 0 Å². The molecule has 1 aromatic rings. The van der Waals surface area contributed by atoms with Crippen LogP contribution < -0.4 is 0 Å². The highest BCUT2D eigenvalue weighted by molar-refractivity contribution is 7.89. The van der Waals surface area contributed by atoms with Gasteiger partial charge in [0.15, 0.2) is 0 Å². The summed E-state index contributed by atoms with van der Waals surface area (Å²) in [5, 5.41) is 14.9. The molecule has 1 atom stereocenters. The van der Waals surface area contributed by atoms with Gasteiger partial charge in [-0.05, 0) is 32.6 Å². The van der Waals surface area contributed by atoms with Gasteiger partial charge < -0.3 is 5.11 Å². The van der Waals surface area contributed by atoms with Gasteiger partial charge in [0, 0.05) is 13.6 Å². The fourth-order valence-electron chi connectivity index (χ4n) is 3.40. The normalized spacial score (nSPS) is 18.5. The molecule has 0 spiro atoms. The van der Waals surface area contributed by atoms with E-state index >= 15 is 0 Å². The van der Waals surface area contributed by atoms with E-state index in [-0.39, 0.29) is 4.90 Å². The maximum Gasteiger partial charge on any atom is 0.246 e. The minimum Gasteiger partial charge on any atom is -0.391 e. The van der Waals surface area contributed by atoms with Gasteiger partial charge in [0.25, 0.3) is 0 Å². The molecule has 2 rings (SSSR count). The van der Waals surface area contributed by atoms with Gasteiger partial charge in [-0.1, -0.05) is 26.2 Å². The Bertz CT molecular complexity index is 633. The Morgan fingerprint density at radius 3 is 2.48 bits per heavy atom.